The number of ether oxygens (including phenoxy) is 2. The van der Waals surface area contributed by atoms with Crippen LogP contribution in [0.3, 0.4) is 0 Å². The van der Waals surface area contributed by atoms with Crippen LogP contribution in [0.5, 0.6) is 0 Å². The van der Waals surface area contributed by atoms with Crippen molar-refractivity contribution in [2.75, 3.05) is 39.4 Å². The molecule has 0 aromatic rings. The zero-order valence-corrected chi connectivity index (χ0v) is 15.4. The minimum absolute atomic E-state index is 0. The fourth-order valence-electron chi connectivity index (χ4n) is 1.67. The van der Waals surface area contributed by atoms with Crippen molar-refractivity contribution in [2.24, 2.45) is 10.7 Å². The Morgan fingerprint density at radius 3 is 2.57 bits per heavy atom. The average molecular weight is 414 g/mol. The molecule has 0 unspecified atom stereocenters. The SMILES string of the molecule is CC(C)(C)OC(=O)NCCCN=C(N)N1CCOCC1.I. The minimum atomic E-state index is -0.469. The molecule has 0 radical (unpaired) electrons. The van der Waals surface area contributed by atoms with E-state index in [9.17, 15) is 4.79 Å². The lowest BCUT2D eigenvalue weighted by atomic mass is 10.2. The van der Waals surface area contributed by atoms with Gasteiger partial charge in [-0.2, -0.15) is 0 Å². The van der Waals surface area contributed by atoms with Gasteiger partial charge in [0.2, 0.25) is 0 Å². The summed E-state index contributed by atoms with van der Waals surface area (Å²) in [5, 5.41) is 2.69. The van der Waals surface area contributed by atoms with E-state index >= 15 is 0 Å². The zero-order valence-electron chi connectivity index (χ0n) is 13.1. The molecule has 1 saturated heterocycles. The van der Waals surface area contributed by atoms with Gasteiger partial charge in [-0.25, -0.2) is 4.79 Å². The van der Waals surface area contributed by atoms with Crippen LogP contribution < -0.4 is 11.1 Å². The Bertz CT molecular complexity index is 339. The Hall–Kier alpha value is -0.770. The number of rotatable bonds is 4. The van der Waals surface area contributed by atoms with Crippen LogP contribution in [0.1, 0.15) is 27.2 Å². The first kappa shape index (κ1) is 20.2. The third-order valence-corrected chi connectivity index (χ3v) is 2.61. The zero-order chi connectivity index (χ0) is 15.0. The van der Waals surface area contributed by atoms with E-state index in [1.54, 1.807) is 0 Å². The molecule has 1 amide bonds. The number of hydrogen-bond donors (Lipinski definition) is 2. The van der Waals surface area contributed by atoms with Gasteiger partial charge in [-0.3, -0.25) is 4.99 Å². The second kappa shape index (κ2) is 10.0. The molecule has 0 bridgehead atoms. The second-order valence-corrected chi connectivity index (χ2v) is 5.62. The van der Waals surface area contributed by atoms with Gasteiger partial charge >= 0.3 is 6.09 Å². The molecule has 1 fully saturated rings. The molecule has 0 aliphatic carbocycles. The van der Waals surface area contributed by atoms with Crippen LogP contribution in [0.25, 0.3) is 0 Å². The van der Waals surface area contributed by atoms with Crippen molar-refractivity contribution in [1.29, 1.82) is 0 Å². The number of guanidine groups is 1. The molecule has 0 aromatic carbocycles. The van der Waals surface area contributed by atoms with Crippen molar-refractivity contribution < 1.29 is 14.3 Å². The molecule has 1 heterocycles. The Kier molecular flexibility index (Phi) is 9.67. The number of hydrogen-bond acceptors (Lipinski definition) is 4. The number of carbonyl (C=O) groups is 1. The Morgan fingerprint density at radius 1 is 1.38 bits per heavy atom. The van der Waals surface area contributed by atoms with Crippen LogP contribution in [0.4, 0.5) is 4.79 Å². The maximum atomic E-state index is 11.4. The second-order valence-electron chi connectivity index (χ2n) is 5.62. The van der Waals surface area contributed by atoms with Crippen molar-refractivity contribution in [2.45, 2.75) is 32.8 Å². The van der Waals surface area contributed by atoms with E-state index in [4.69, 9.17) is 15.2 Å². The van der Waals surface area contributed by atoms with Gasteiger partial charge in [-0.15, -0.1) is 24.0 Å². The predicted molar refractivity (Wildman–Crippen MR) is 93.2 cm³/mol. The summed E-state index contributed by atoms with van der Waals surface area (Å²) in [6.45, 7) is 9.55. The number of amides is 1. The van der Waals surface area contributed by atoms with Gasteiger partial charge in [-0.05, 0) is 27.2 Å². The summed E-state index contributed by atoms with van der Waals surface area (Å²) in [6.07, 6.45) is 0.326. The van der Waals surface area contributed by atoms with Gasteiger partial charge < -0.3 is 25.4 Å². The van der Waals surface area contributed by atoms with Gasteiger partial charge in [0.1, 0.15) is 5.60 Å². The van der Waals surface area contributed by atoms with Crippen LogP contribution in [-0.2, 0) is 9.47 Å². The summed E-state index contributed by atoms with van der Waals surface area (Å²) in [4.78, 5) is 17.7. The number of halogens is 1. The monoisotopic (exact) mass is 414 g/mol. The third-order valence-electron chi connectivity index (χ3n) is 2.61. The Labute approximate surface area is 143 Å². The van der Waals surface area contributed by atoms with E-state index in [1.807, 2.05) is 25.7 Å². The number of aliphatic imine (C=N–C) groups is 1. The third kappa shape index (κ3) is 9.72. The molecule has 0 spiro atoms. The van der Waals surface area contributed by atoms with E-state index in [1.165, 1.54) is 0 Å². The summed E-state index contributed by atoms with van der Waals surface area (Å²) >= 11 is 0. The number of nitrogens with zero attached hydrogens (tertiary/aromatic N) is 2. The van der Waals surface area contributed by atoms with Crippen molar-refractivity contribution in [3.05, 3.63) is 0 Å². The van der Waals surface area contributed by atoms with Crippen molar-refractivity contribution in [3.63, 3.8) is 0 Å². The Balaban J connectivity index is 0.00000400. The molecule has 0 saturated carbocycles. The maximum Gasteiger partial charge on any atom is 0.407 e. The summed E-state index contributed by atoms with van der Waals surface area (Å²) in [5.74, 6) is 0.547. The molecule has 124 valence electrons. The first-order chi connectivity index (χ1) is 9.38. The van der Waals surface area contributed by atoms with Gasteiger partial charge in [-0.1, -0.05) is 0 Å². The van der Waals surface area contributed by atoms with Gasteiger partial charge in [0, 0.05) is 26.2 Å². The molecular weight excluding hydrogens is 387 g/mol. The fraction of sp³-hybridized carbons (Fsp3) is 0.846. The summed E-state index contributed by atoms with van der Waals surface area (Å²) in [7, 11) is 0. The van der Waals surface area contributed by atoms with Crippen LogP contribution >= 0.6 is 24.0 Å². The highest BCUT2D eigenvalue weighted by Gasteiger charge is 2.15. The maximum absolute atomic E-state index is 11.4. The predicted octanol–water partition coefficient (Wildman–Crippen LogP) is 1.17. The largest absolute Gasteiger partial charge is 0.444 e. The molecule has 1 aliphatic heterocycles. The minimum Gasteiger partial charge on any atom is -0.444 e. The molecular formula is C13H27IN4O3. The summed E-state index contributed by atoms with van der Waals surface area (Å²) in [5.41, 5.74) is 5.41. The molecule has 0 aromatic heterocycles. The van der Waals surface area contributed by atoms with E-state index in [-0.39, 0.29) is 24.0 Å². The fourth-order valence-corrected chi connectivity index (χ4v) is 1.67. The smallest absolute Gasteiger partial charge is 0.407 e. The molecule has 7 nitrogen and oxygen atoms in total. The number of nitrogens with one attached hydrogen (secondary N) is 1. The standard InChI is InChI=1S/C13H26N4O3.HI/c1-13(2,3)20-12(18)16-6-4-5-15-11(14)17-7-9-19-10-8-17;/h4-10H2,1-3H3,(H2,14,15)(H,16,18);1H. The average Bonchev–Trinajstić information content (AvgIpc) is 2.37. The lowest BCUT2D eigenvalue weighted by Gasteiger charge is -2.27. The number of morpholine rings is 1. The van der Waals surface area contributed by atoms with Crippen molar-refractivity contribution in [3.8, 4) is 0 Å². The van der Waals surface area contributed by atoms with Crippen molar-refractivity contribution in [1.82, 2.24) is 10.2 Å². The van der Waals surface area contributed by atoms with Crippen LogP contribution in [0, 0.1) is 0 Å². The van der Waals surface area contributed by atoms with Crippen LogP contribution in [0.15, 0.2) is 4.99 Å². The van der Waals surface area contributed by atoms with Crippen LogP contribution in [-0.4, -0.2) is 61.9 Å². The number of nitrogens with two attached hydrogens (primary N) is 1. The Morgan fingerprint density at radius 2 is 2.00 bits per heavy atom. The van der Waals surface area contributed by atoms with E-state index in [0.29, 0.717) is 32.3 Å². The highest BCUT2D eigenvalue weighted by molar-refractivity contribution is 14.0. The normalized spacial score (nSPS) is 16.1. The summed E-state index contributed by atoms with van der Waals surface area (Å²) in [6, 6.07) is 0. The van der Waals surface area contributed by atoms with Gasteiger partial charge in [0.15, 0.2) is 5.96 Å². The highest BCUT2D eigenvalue weighted by atomic mass is 127. The van der Waals surface area contributed by atoms with E-state index < -0.39 is 11.7 Å². The molecule has 21 heavy (non-hydrogen) atoms. The topological polar surface area (TPSA) is 89.2 Å². The molecule has 3 N–H and O–H groups in total. The quantitative estimate of drug-likeness (QED) is 0.312. The molecule has 1 aliphatic rings. The lowest BCUT2D eigenvalue weighted by molar-refractivity contribution is 0.0527. The molecule has 8 heteroatoms. The van der Waals surface area contributed by atoms with E-state index in [0.717, 1.165) is 19.5 Å². The first-order valence-electron chi connectivity index (χ1n) is 6.98. The van der Waals surface area contributed by atoms with Crippen molar-refractivity contribution >= 4 is 36.0 Å². The lowest BCUT2D eigenvalue weighted by Crippen LogP contribution is -2.44. The van der Waals surface area contributed by atoms with Gasteiger partial charge in [0.05, 0.1) is 13.2 Å². The number of carbonyl (C=O) groups excluding carboxylic acids is 1. The highest BCUT2D eigenvalue weighted by Crippen LogP contribution is 2.06. The molecule has 0 atom stereocenters. The first-order valence-corrected chi connectivity index (χ1v) is 6.98. The molecule has 1 rings (SSSR count). The van der Waals surface area contributed by atoms with Gasteiger partial charge in [0.25, 0.3) is 0 Å². The van der Waals surface area contributed by atoms with E-state index in [2.05, 4.69) is 10.3 Å². The van der Waals surface area contributed by atoms with Crippen LogP contribution in [0.2, 0.25) is 0 Å². The summed E-state index contributed by atoms with van der Waals surface area (Å²) < 4.78 is 10.4. The number of alkyl carbamates (subject to hydrolysis) is 1.